The molecule has 2 heterocycles. The van der Waals surface area contributed by atoms with Crippen molar-refractivity contribution >= 4 is 20.0 Å². The zero-order chi connectivity index (χ0) is 19.0. The van der Waals surface area contributed by atoms with Crippen LogP contribution in [-0.2, 0) is 20.0 Å². The average molecular weight is 391 g/mol. The van der Waals surface area contributed by atoms with Crippen LogP contribution in [0.4, 0.5) is 0 Å². The second-order valence-corrected chi connectivity index (χ2v) is 9.33. The maximum atomic E-state index is 12.6. The van der Waals surface area contributed by atoms with E-state index in [9.17, 15) is 16.8 Å². The van der Waals surface area contributed by atoms with E-state index in [-0.39, 0.29) is 34.3 Å². The van der Waals surface area contributed by atoms with Gasteiger partial charge in [-0.05, 0) is 27.7 Å². The van der Waals surface area contributed by atoms with E-state index in [1.165, 1.54) is 20.9 Å². The highest BCUT2D eigenvalue weighted by molar-refractivity contribution is 7.89. The monoisotopic (exact) mass is 391 g/mol. The van der Waals surface area contributed by atoms with Crippen molar-refractivity contribution in [1.29, 1.82) is 0 Å². The molecule has 2 aromatic rings. The van der Waals surface area contributed by atoms with Gasteiger partial charge < -0.3 is 4.52 Å². The minimum absolute atomic E-state index is 0.000574. The Bertz CT molecular complexity index is 936. The lowest BCUT2D eigenvalue weighted by molar-refractivity contribution is 0.389. The number of H-pyrrole nitrogens is 1. The molecule has 2 rings (SSSR count). The molecule has 0 aromatic carbocycles. The van der Waals surface area contributed by atoms with Gasteiger partial charge in [0.15, 0.2) is 5.76 Å². The van der Waals surface area contributed by atoms with Crippen molar-refractivity contribution in [2.75, 3.05) is 20.1 Å². The number of hydrogen-bond acceptors (Lipinski definition) is 7. The van der Waals surface area contributed by atoms with E-state index in [0.717, 1.165) is 4.31 Å². The van der Waals surface area contributed by atoms with E-state index in [2.05, 4.69) is 20.1 Å². The number of hydrogen-bond donors (Lipinski definition) is 2. The zero-order valence-corrected chi connectivity index (χ0v) is 16.2. The number of aryl methyl sites for hydroxylation is 4. The van der Waals surface area contributed by atoms with Gasteiger partial charge in [0.1, 0.15) is 15.5 Å². The summed E-state index contributed by atoms with van der Waals surface area (Å²) < 4.78 is 58.1. The number of rotatable bonds is 7. The normalized spacial score (nSPS) is 12.9. The molecular weight excluding hydrogens is 370 g/mol. The van der Waals surface area contributed by atoms with Gasteiger partial charge in [0.05, 0.1) is 11.4 Å². The molecule has 0 amide bonds. The molecule has 0 saturated carbocycles. The van der Waals surface area contributed by atoms with Gasteiger partial charge in [0.2, 0.25) is 20.0 Å². The summed E-state index contributed by atoms with van der Waals surface area (Å²) in [6, 6.07) is 0. The Morgan fingerprint density at radius 1 is 1.08 bits per heavy atom. The molecule has 0 spiro atoms. The van der Waals surface area contributed by atoms with Crippen LogP contribution in [-0.4, -0.2) is 56.6 Å². The highest BCUT2D eigenvalue weighted by atomic mass is 32.2. The van der Waals surface area contributed by atoms with E-state index in [0.29, 0.717) is 11.4 Å². The fraction of sp³-hybridized carbons (Fsp3) is 0.538. The predicted octanol–water partition coefficient (Wildman–Crippen LogP) is 0.230. The molecule has 0 fully saturated rings. The molecule has 0 aliphatic rings. The van der Waals surface area contributed by atoms with E-state index in [1.54, 1.807) is 13.8 Å². The van der Waals surface area contributed by atoms with Gasteiger partial charge in [-0.1, -0.05) is 5.16 Å². The molecule has 25 heavy (non-hydrogen) atoms. The molecule has 0 saturated heterocycles. The third-order valence-electron chi connectivity index (χ3n) is 3.68. The SMILES string of the molecule is Cc1n[nH]c(C)c1S(=O)(=O)NCCN(C)S(=O)(=O)c1c(C)noc1C. The first-order valence-corrected chi connectivity index (χ1v) is 10.3. The summed E-state index contributed by atoms with van der Waals surface area (Å²) in [5.74, 6) is 0.189. The van der Waals surface area contributed by atoms with E-state index in [4.69, 9.17) is 4.52 Å². The molecule has 140 valence electrons. The molecule has 12 heteroatoms. The topological polar surface area (TPSA) is 138 Å². The summed E-state index contributed by atoms with van der Waals surface area (Å²) >= 11 is 0. The van der Waals surface area contributed by atoms with Crippen molar-refractivity contribution in [3.05, 3.63) is 22.8 Å². The third kappa shape index (κ3) is 3.76. The molecule has 2 N–H and O–H groups in total. The Balaban J connectivity index is 2.09. The second-order valence-electron chi connectivity index (χ2n) is 5.64. The standard InChI is InChI=1S/C13H21N5O5S2/c1-8-12(9(2)16-15-8)24(19,20)14-6-7-18(5)25(21,22)13-10(3)17-23-11(13)4/h14H,6-7H2,1-5H3,(H,15,16). The van der Waals surface area contributed by atoms with Crippen LogP contribution in [0.3, 0.4) is 0 Å². The molecule has 0 atom stereocenters. The number of aromatic amines is 1. The maximum absolute atomic E-state index is 12.6. The fourth-order valence-electron chi connectivity index (χ4n) is 2.47. The summed E-state index contributed by atoms with van der Waals surface area (Å²) in [7, 11) is -6.24. The van der Waals surface area contributed by atoms with E-state index in [1.807, 2.05) is 0 Å². The zero-order valence-electron chi connectivity index (χ0n) is 14.6. The first-order chi connectivity index (χ1) is 11.5. The Morgan fingerprint density at radius 2 is 1.72 bits per heavy atom. The summed E-state index contributed by atoms with van der Waals surface area (Å²) in [6.07, 6.45) is 0. The molecule has 0 aliphatic carbocycles. The van der Waals surface area contributed by atoms with Crippen LogP contribution in [0, 0.1) is 27.7 Å². The Kier molecular flexibility index (Phi) is 5.37. The largest absolute Gasteiger partial charge is 0.360 e. The van der Waals surface area contributed by atoms with Crippen molar-refractivity contribution in [2.45, 2.75) is 37.5 Å². The number of nitrogens with one attached hydrogen (secondary N) is 2. The highest BCUT2D eigenvalue weighted by Gasteiger charge is 2.29. The molecule has 0 radical (unpaired) electrons. The Labute approximate surface area is 146 Å². The van der Waals surface area contributed by atoms with E-state index >= 15 is 0 Å². The molecule has 0 unspecified atom stereocenters. The molecule has 10 nitrogen and oxygen atoms in total. The summed E-state index contributed by atoms with van der Waals surface area (Å²) in [5, 5.41) is 10.1. The first-order valence-electron chi connectivity index (χ1n) is 7.39. The van der Waals surface area contributed by atoms with Gasteiger partial charge >= 0.3 is 0 Å². The van der Waals surface area contributed by atoms with Gasteiger partial charge in [-0.15, -0.1) is 0 Å². The van der Waals surface area contributed by atoms with Gasteiger partial charge in [-0.2, -0.15) is 9.40 Å². The number of sulfonamides is 2. The van der Waals surface area contributed by atoms with Crippen molar-refractivity contribution in [3.8, 4) is 0 Å². The Hall–Kier alpha value is -1.76. The van der Waals surface area contributed by atoms with Gasteiger partial charge in [0, 0.05) is 20.1 Å². The van der Waals surface area contributed by atoms with Crippen LogP contribution in [0.25, 0.3) is 0 Å². The van der Waals surface area contributed by atoms with Gasteiger partial charge in [-0.25, -0.2) is 21.6 Å². The number of nitrogens with zero attached hydrogens (tertiary/aromatic N) is 3. The van der Waals surface area contributed by atoms with Crippen LogP contribution in [0.1, 0.15) is 22.8 Å². The summed E-state index contributed by atoms with van der Waals surface area (Å²) in [5.41, 5.74) is 1.03. The maximum Gasteiger partial charge on any atom is 0.248 e. The lowest BCUT2D eigenvalue weighted by atomic mass is 10.4. The van der Waals surface area contributed by atoms with Crippen molar-refractivity contribution in [3.63, 3.8) is 0 Å². The first kappa shape index (κ1) is 19.6. The van der Waals surface area contributed by atoms with Crippen LogP contribution in [0.15, 0.2) is 14.3 Å². The van der Waals surface area contributed by atoms with Gasteiger partial charge in [0.25, 0.3) is 0 Å². The van der Waals surface area contributed by atoms with Crippen LogP contribution < -0.4 is 4.72 Å². The highest BCUT2D eigenvalue weighted by Crippen LogP contribution is 2.22. The summed E-state index contributed by atoms with van der Waals surface area (Å²) in [6.45, 7) is 6.07. The quantitative estimate of drug-likeness (QED) is 0.689. The van der Waals surface area contributed by atoms with Crippen LogP contribution >= 0.6 is 0 Å². The minimum atomic E-state index is -3.82. The fourth-order valence-corrected chi connectivity index (χ4v) is 5.31. The Morgan fingerprint density at radius 3 is 2.20 bits per heavy atom. The van der Waals surface area contributed by atoms with E-state index < -0.39 is 20.0 Å². The molecule has 0 aliphatic heterocycles. The summed E-state index contributed by atoms with van der Waals surface area (Å²) in [4.78, 5) is 0.0723. The van der Waals surface area contributed by atoms with Crippen molar-refractivity contribution < 1.29 is 21.4 Å². The van der Waals surface area contributed by atoms with Crippen LogP contribution in [0.5, 0.6) is 0 Å². The molecule has 2 aromatic heterocycles. The van der Waals surface area contributed by atoms with Crippen LogP contribution in [0.2, 0.25) is 0 Å². The predicted molar refractivity (Wildman–Crippen MR) is 89.0 cm³/mol. The number of likely N-dealkylation sites (N-methyl/N-ethyl adjacent to an activating group) is 1. The third-order valence-corrected chi connectivity index (χ3v) is 7.51. The minimum Gasteiger partial charge on any atom is -0.360 e. The molecule has 0 bridgehead atoms. The second kappa shape index (κ2) is 6.86. The smallest absolute Gasteiger partial charge is 0.248 e. The lowest BCUT2D eigenvalue weighted by Gasteiger charge is -2.17. The van der Waals surface area contributed by atoms with Crippen molar-refractivity contribution in [1.82, 2.24) is 24.4 Å². The average Bonchev–Trinajstić information content (AvgIpc) is 3.01. The van der Waals surface area contributed by atoms with Crippen molar-refractivity contribution in [2.24, 2.45) is 0 Å². The number of aromatic nitrogens is 3. The molecular formula is C13H21N5O5S2. The van der Waals surface area contributed by atoms with Gasteiger partial charge in [-0.3, -0.25) is 5.10 Å². The lowest BCUT2D eigenvalue weighted by Crippen LogP contribution is -2.36.